The van der Waals surface area contributed by atoms with Gasteiger partial charge in [0.05, 0.1) is 18.2 Å². The maximum atomic E-state index is 10.5. The summed E-state index contributed by atoms with van der Waals surface area (Å²) in [7, 11) is 0. The van der Waals surface area contributed by atoms with E-state index in [9.17, 15) is 5.11 Å². The second-order valence-electron chi connectivity index (χ2n) is 8.90. The predicted octanol–water partition coefficient (Wildman–Crippen LogP) is 4.49. The third kappa shape index (κ3) is 6.35. The Morgan fingerprint density at radius 1 is 1.25 bits per heavy atom. The Morgan fingerprint density at radius 3 is 2.78 bits per heavy atom. The summed E-state index contributed by atoms with van der Waals surface area (Å²) in [4.78, 5) is 6.78. The van der Waals surface area contributed by atoms with Crippen molar-refractivity contribution < 1.29 is 14.6 Å². The molecular formula is C25H34ClN3O3. The van der Waals surface area contributed by atoms with Gasteiger partial charge in [0, 0.05) is 31.9 Å². The lowest BCUT2D eigenvalue weighted by Crippen LogP contribution is -2.34. The quantitative estimate of drug-likeness (QED) is 0.425. The van der Waals surface area contributed by atoms with Gasteiger partial charge in [0.25, 0.3) is 0 Å². The van der Waals surface area contributed by atoms with Crippen LogP contribution in [0, 0.1) is 12.8 Å². The van der Waals surface area contributed by atoms with Crippen molar-refractivity contribution in [2.45, 2.75) is 51.3 Å². The minimum Gasteiger partial charge on any atom is -0.494 e. The van der Waals surface area contributed by atoms with Gasteiger partial charge in [-0.05, 0) is 80.3 Å². The van der Waals surface area contributed by atoms with E-state index in [2.05, 4.69) is 15.2 Å². The third-order valence-electron chi connectivity index (χ3n) is 6.53. The average molecular weight is 460 g/mol. The van der Waals surface area contributed by atoms with Gasteiger partial charge in [0.1, 0.15) is 17.8 Å². The molecule has 3 heterocycles. The number of piperidine rings is 1. The van der Waals surface area contributed by atoms with Crippen LogP contribution in [0.4, 0.5) is 5.82 Å². The van der Waals surface area contributed by atoms with Gasteiger partial charge < -0.3 is 19.5 Å². The summed E-state index contributed by atoms with van der Waals surface area (Å²) < 4.78 is 11.4. The molecule has 2 aliphatic rings. The number of pyridine rings is 1. The SMILES string of the molecule is Cc1cc(OCCCC2CCN(c3ccc(Cl)cn3)CC2)ccc1C(O)N[C@@H]1CCOC1. The van der Waals surface area contributed by atoms with Crippen molar-refractivity contribution in [2.24, 2.45) is 5.92 Å². The monoisotopic (exact) mass is 459 g/mol. The summed E-state index contributed by atoms with van der Waals surface area (Å²) in [6.07, 6.45) is 6.60. The summed E-state index contributed by atoms with van der Waals surface area (Å²) in [6.45, 7) is 6.25. The minimum absolute atomic E-state index is 0.217. The molecular weight excluding hydrogens is 426 g/mol. The summed E-state index contributed by atoms with van der Waals surface area (Å²) in [6, 6.07) is 10.1. The van der Waals surface area contributed by atoms with Crippen molar-refractivity contribution in [1.29, 1.82) is 0 Å². The molecule has 0 radical (unpaired) electrons. The molecule has 0 saturated carbocycles. The lowest BCUT2D eigenvalue weighted by atomic mass is 9.92. The fourth-order valence-electron chi connectivity index (χ4n) is 4.59. The van der Waals surface area contributed by atoms with E-state index in [0.717, 1.165) is 67.8 Å². The smallest absolute Gasteiger partial charge is 0.131 e. The summed E-state index contributed by atoms with van der Waals surface area (Å²) in [5.41, 5.74) is 1.93. The van der Waals surface area contributed by atoms with Gasteiger partial charge in [0.15, 0.2) is 0 Å². The van der Waals surface area contributed by atoms with E-state index in [4.69, 9.17) is 21.1 Å². The number of aryl methyl sites for hydroxylation is 1. The van der Waals surface area contributed by atoms with Crippen molar-refractivity contribution in [3.05, 3.63) is 52.7 Å². The van der Waals surface area contributed by atoms with Crippen LogP contribution in [-0.2, 0) is 4.74 Å². The standard InChI is InChI=1S/C25H34ClN3O3/c1-18-15-22(5-6-23(18)25(30)28-21-10-14-31-17-21)32-13-2-3-19-8-11-29(12-9-19)24-7-4-20(26)16-27-24/h4-7,15-16,19,21,25,28,30H,2-3,8-14,17H2,1H3/t21-,25?/m1/s1. The fourth-order valence-corrected chi connectivity index (χ4v) is 4.70. The van der Waals surface area contributed by atoms with Crippen LogP contribution in [0.15, 0.2) is 36.5 Å². The van der Waals surface area contributed by atoms with Crippen molar-refractivity contribution >= 4 is 17.4 Å². The van der Waals surface area contributed by atoms with Gasteiger partial charge in [-0.2, -0.15) is 0 Å². The number of halogens is 1. The molecule has 1 aromatic carbocycles. The molecule has 0 amide bonds. The zero-order chi connectivity index (χ0) is 22.3. The molecule has 6 nitrogen and oxygen atoms in total. The molecule has 1 aromatic heterocycles. The molecule has 174 valence electrons. The van der Waals surface area contributed by atoms with Crippen molar-refractivity contribution in [3.8, 4) is 5.75 Å². The zero-order valence-corrected chi connectivity index (χ0v) is 19.6. The average Bonchev–Trinajstić information content (AvgIpc) is 3.31. The van der Waals surface area contributed by atoms with Crippen LogP contribution < -0.4 is 15.0 Å². The van der Waals surface area contributed by atoms with E-state index in [1.54, 1.807) is 6.20 Å². The third-order valence-corrected chi connectivity index (χ3v) is 6.76. The Morgan fingerprint density at radius 2 is 2.09 bits per heavy atom. The molecule has 1 unspecified atom stereocenters. The number of hydrogen-bond donors (Lipinski definition) is 2. The lowest BCUT2D eigenvalue weighted by molar-refractivity contribution is 0.114. The van der Waals surface area contributed by atoms with E-state index in [0.29, 0.717) is 11.6 Å². The van der Waals surface area contributed by atoms with E-state index in [1.807, 2.05) is 37.3 Å². The van der Waals surface area contributed by atoms with Crippen LogP contribution in [0.2, 0.25) is 5.02 Å². The summed E-state index contributed by atoms with van der Waals surface area (Å²) >= 11 is 5.94. The van der Waals surface area contributed by atoms with Crippen molar-refractivity contribution in [1.82, 2.24) is 10.3 Å². The first-order chi connectivity index (χ1) is 15.6. The van der Waals surface area contributed by atoms with Gasteiger partial charge in [-0.3, -0.25) is 5.32 Å². The Bertz CT molecular complexity index is 850. The number of rotatable bonds is 9. The molecule has 2 aliphatic heterocycles. The second-order valence-corrected chi connectivity index (χ2v) is 9.34. The molecule has 2 saturated heterocycles. The maximum Gasteiger partial charge on any atom is 0.131 e. The first kappa shape index (κ1) is 23.3. The molecule has 0 bridgehead atoms. The van der Waals surface area contributed by atoms with Gasteiger partial charge >= 0.3 is 0 Å². The summed E-state index contributed by atoms with van der Waals surface area (Å²) in [5, 5.41) is 14.4. The van der Waals surface area contributed by atoms with Crippen LogP contribution >= 0.6 is 11.6 Å². The number of ether oxygens (including phenoxy) is 2. The van der Waals surface area contributed by atoms with Crippen molar-refractivity contribution in [3.63, 3.8) is 0 Å². The van der Waals surface area contributed by atoms with Crippen molar-refractivity contribution in [2.75, 3.05) is 37.8 Å². The first-order valence-electron chi connectivity index (χ1n) is 11.7. The molecule has 2 N–H and O–H groups in total. The van der Waals surface area contributed by atoms with Gasteiger partial charge in [0.2, 0.25) is 0 Å². The second kappa shape index (κ2) is 11.3. The fraction of sp³-hybridized carbons (Fsp3) is 0.560. The number of nitrogens with one attached hydrogen (secondary N) is 1. The molecule has 2 fully saturated rings. The van der Waals surface area contributed by atoms with E-state index >= 15 is 0 Å². The van der Waals surface area contributed by atoms with Crippen LogP contribution in [0.25, 0.3) is 0 Å². The number of benzene rings is 1. The number of aliphatic hydroxyl groups is 1. The number of hydrogen-bond acceptors (Lipinski definition) is 6. The first-order valence-corrected chi connectivity index (χ1v) is 12.1. The maximum absolute atomic E-state index is 10.5. The van der Waals surface area contributed by atoms with E-state index in [1.165, 1.54) is 19.3 Å². The van der Waals surface area contributed by atoms with Gasteiger partial charge in [-0.25, -0.2) is 4.98 Å². The molecule has 4 rings (SSSR count). The predicted molar refractivity (Wildman–Crippen MR) is 127 cm³/mol. The summed E-state index contributed by atoms with van der Waals surface area (Å²) in [5.74, 6) is 2.63. The topological polar surface area (TPSA) is 66.9 Å². The Kier molecular flexibility index (Phi) is 8.25. The highest BCUT2D eigenvalue weighted by Gasteiger charge is 2.21. The normalized spacial score (nSPS) is 20.5. The number of aliphatic hydroxyl groups excluding tert-OH is 1. The Balaban J connectivity index is 1.16. The number of aromatic nitrogens is 1. The van der Waals surface area contributed by atoms with Crippen LogP contribution in [0.1, 0.15) is 49.5 Å². The highest BCUT2D eigenvalue weighted by Crippen LogP contribution is 2.26. The molecule has 2 atom stereocenters. The lowest BCUT2D eigenvalue weighted by Gasteiger charge is -2.32. The number of nitrogens with zero attached hydrogens (tertiary/aromatic N) is 2. The van der Waals surface area contributed by atoms with Gasteiger partial charge in [-0.1, -0.05) is 17.7 Å². The van der Waals surface area contributed by atoms with E-state index < -0.39 is 6.23 Å². The molecule has 32 heavy (non-hydrogen) atoms. The van der Waals surface area contributed by atoms with Crippen LogP contribution in [0.3, 0.4) is 0 Å². The van der Waals surface area contributed by atoms with Crippen LogP contribution in [-0.4, -0.2) is 49.0 Å². The molecule has 2 aromatic rings. The van der Waals surface area contributed by atoms with Gasteiger partial charge in [-0.15, -0.1) is 0 Å². The molecule has 0 aliphatic carbocycles. The Labute approximate surface area is 195 Å². The largest absolute Gasteiger partial charge is 0.494 e. The van der Waals surface area contributed by atoms with Crippen LogP contribution in [0.5, 0.6) is 5.75 Å². The molecule has 7 heteroatoms. The molecule has 0 spiro atoms. The van der Waals surface area contributed by atoms with E-state index in [-0.39, 0.29) is 6.04 Å². The minimum atomic E-state index is -0.676. The Hall–Kier alpha value is -1.86. The highest BCUT2D eigenvalue weighted by atomic mass is 35.5. The highest BCUT2D eigenvalue weighted by molar-refractivity contribution is 6.30. The number of anilines is 1. The zero-order valence-electron chi connectivity index (χ0n) is 18.8.